The second-order valence-electron chi connectivity index (χ2n) is 3.47. The van der Waals surface area contributed by atoms with E-state index in [2.05, 4.69) is 20.8 Å². The van der Waals surface area contributed by atoms with Crippen LogP contribution in [-0.4, -0.2) is 17.8 Å². The number of rotatable bonds is 2. The molecule has 0 bridgehead atoms. The molecule has 0 radical (unpaired) electrons. The number of amidine groups is 1. The van der Waals surface area contributed by atoms with Crippen LogP contribution in [0.25, 0.3) is 0 Å². The lowest BCUT2D eigenvalue weighted by atomic mass is 10.2. The Morgan fingerprint density at radius 2 is 2.06 bits per heavy atom. The van der Waals surface area contributed by atoms with E-state index >= 15 is 0 Å². The molecule has 0 spiro atoms. The summed E-state index contributed by atoms with van der Waals surface area (Å²) in [5.41, 5.74) is 9.52. The number of amides is 1. The van der Waals surface area contributed by atoms with E-state index in [0.29, 0.717) is 5.69 Å². The first-order valence-corrected chi connectivity index (χ1v) is 4.77. The SMILES string of the molecule is Cc1ccc(N=NC2C(=O)NN=C2N)cc1. The first-order chi connectivity index (χ1) is 7.66. The van der Waals surface area contributed by atoms with E-state index < -0.39 is 6.04 Å². The van der Waals surface area contributed by atoms with Crippen LogP contribution in [0, 0.1) is 6.92 Å². The highest BCUT2D eigenvalue weighted by Crippen LogP contribution is 2.14. The minimum absolute atomic E-state index is 0.140. The minimum Gasteiger partial charge on any atom is -0.383 e. The zero-order chi connectivity index (χ0) is 11.5. The number of aryl methyl sites for hydroxylation is 1. The van der Waals surface area contributed by atoms with Gasteiger partial charge in [0, 0.05) is 0 Å². The van der Waals surface area contributed by atoms with Crippen LogP contribution in [-0.2, 0) is 4.79 Å². The van der Waals surface area contributed by atoms with Crippen LogP contribution in [0.3, 0.4) is 0 Å². The van der Waals surface area contributed by atoms with E-state index in [-0.39, 0.29) is 11.7 Å². The van der Waals surface area contributed by atoms with Crippen molar-refractivity contribution in [2.75, 3.05) is 0 Å². The largest absolute Gasteiger partial charge is 0.383 e. The zero-order valence-electron chi connectivity index (χ0n) is 8.71. The van der Waals surface area contributed by atoms with E-state index in [0.717, 1.165) is 5.56 Å². The fourth-order valence-electron chi connectivity index (χ4n) is 1.22. The third kappa shape index (κ3) is 2.05. The first-order valence-electron chi connectivity index (χ1n) is 4.77. The molecule has 1 aromatic carbocycles. The van der Waals surface area contributed by atoms with Gasteiger partial charge in [-0.15, -0.1) is 0 Å². The summed E-state index contributed by atoms with van der Waals surface area (Å²) in [6, 6.07) is 6.67. The van der Waals surface area contributed by atoms with E-state index in [1.54, 1.807) is 0 Å². The van der Waals surface area contributed by atoms with Crippen molar-refractivity contribution in [3.63, 3.8) is 0 Å². The lowest BCUT2D eigenvalue weighted by molar-refractivity contribution is -0.120. The molecule has 0 aliphatic carbocycles. The first kappa shape index (κ1) is 10.3. The molecule has 1 aliphatic heterocycles. The average molecular weight is 217 g/mol. The van der Waals surface area contributed by atoms with Gasteiger partial charge in [0.15, 0.2) is 5.84 Å². The fraction of sp³-hybridized carbons (Fsp3) is 0.200. The van der Waals surface area contributed by atoms with Crippen molar-refractivity contribution in [1.82, 2.24) is 5.43 Å². The molecule has 6 heteroatoms. The van der Waals surface area contributed by atoms with Crippen molar-refractivity contribution >= 4 is 17.4 Å². The lowest BCUT2D eigenvalue weighted by Crippen LogP contribution is -2.31. The van der Waals surface area contributed by atoms with Gasteiger partial charge in [0.1, 0.15) is 0 Å². The molecule has 1 aliphatic rings. The molecule has 1 atom stereocenters. The van der Waals surface area contributed by atoms with Crippen LogP contribution in [0.5, 0.6) is 0 Å². The average Bonchev–Trinajstić information content (AvgIpc) is 2.59. The van der Waals surface area contributed by atoms with Gasteiger partial charge in [-0.25, -0.2) is 5.43 Å². The predicted octanol–water partition coefficient (Wildman–Crippen LogP) is 0.849. The standard InChI is InChI=1S/C10H11N5O/c1-6-2-4-7(5-3-6)12-13-8-9(11)14-15-10(8)16/h2-5,8H,1H3,(H2,11,14)(H,15,16). The van der Waals surface area contributed by atoms with Crippen LogP contribution < -0.4 is 11.2 Å². The summed E-state index contributed by atoms with van der Waals surface area (Å²) in [6.45, 7) is 1.98. The van der Waals surface area contributed by atoms with Crippen LogP contribution >= 0.6 is 0 Å². The molecule has 16 heavy (non-hydrogen) atoms. The lowest BCUT2D eigenvalue weighted by Gasteiger charge is -1.98. The quantitative estimate of drug-likeness (QED) is 0.719. The molecule has 0 saturated carbocycles. The van der Waals surface area contributed by atoms with E-state index in [4.69, 9.17) is 5.73 Å². The molecule has 6 nitrogen and oxygen atoms in total. The van der Waals surface area contributed by atoms with Crippen LogP contribution in [0.1, 0.15) is 5.56 Å². The second-order valence-corrected chi connectivity index (χ2v) is 3.47. The summed E-state index contributed by atoms with van der Waals surface area (Å²) in [6.07, 6.45) is 0. The Balaban J connectivity index is 2.12. The van der Waals surface area contributed by atoms with Crippen molar-refractivity contribution in [3.05, 3.63) is 29.8 Å². The Morgan fingerprint density at radius 1 is 1.38 bits per heavy atom. The number of nitrogens with two attached hydrogens (primary N) is 1. The van der Waals surface area contributed by atoms with Crippen molar-refractivity contribution in [1.29, 1.82) is 0 Å². The molecule has 82 valence electrons. The van der Waals surface area contributed by atoms with Crippen molar-refractivity contribution in [2.45, 2.75) is 13.0 Å². The van der Waals surface area contributed by atoms with E-state index in [9.17, 15) is 4.79 Å². The molecule has 1 heterocycles. The highest BCUT2D eigenvalue weighted by atomic mass is 16.2. The molecule has 0 fully saturated rings. The van der Waals surface area contributed by atoms with Crippen molar-refractivity contribution in [3.8, 4) is 0 Å². The van der Waals surface area contributed by atoms with Gasteiger partial charge in [0.25, 0.3) is 5.91 Å². The molecule has 1 aromatic rings. The molecule has 0 saturated heterocycles. The van der Waals surface area contributed by atoms with Gasteiger partial charge in [-0.2, -0.15) is 15.3 Å². The molecular weight excluding hydrogens is 206 g/mol. The van der Waals surface area contributed by atoms with Gasteiger partial charge in [-0.3, -0.25) is 4.79 Å². The predicted molar refractivity (Wildman–Crippen MR) is 59.2 cm³/mol. The highest BCUT2D eigenvalue weighted by molar-refractivity contribution is 6.10. The third-order valence-electron chi connectivity index (χ3n) is 2.15. The Bertz CT molecular complexity index is 463. The summed E-state index contributed by atoms with van der Waals surface area (Å²) < 4.78 is 0. The van der Waals surface area contributed by atoms with Gasteiger partial charge in [0.05, 0.1) is 5.69 Å². The Kier molecular flexibility index (Phi) is 2.63. The maximum Gasteiger partial charge on any atom is 0.274 e. The summed E-state index contributed by atoms with van der Waals surface area (Å²) in [7, 11) is 0. The van der Waals surface area contributed by atoms with Crippen LogP contribution in [0.4, 0.5) is 5.69 Å². The Labute approximate surface area is 92.2 Å². The zero-order valence-corrected chi connectivity index (χ0v) is 8.71. The number of carbonyl (C=O) groups is 1. The van der Waals surface area contributed by atoms with Gasteiger partial charge in [-0.1, -0.05) is 17.7 Å². The summed E-state index contributed by atoms with van der Waals surface area (Å²) in [5.74, 6) is -0.214. The highest BCUT2D eigenvalue weighted by Gasteiger charge is 2.27. The Hall–Kier alpha value is -2.24. The molecule has 0 aromatic heterocycles. The topological polar surface area (TPSA) is 92.2 Å². The number of benzene rings is 1. The normalized spacial score (nSPS) is 19.9. The van der Waals surface area contributed by atoms with Crippen molar-refractivity contribution < 1.29 is 4.79 Å². The number of azo groups is 1. The van der Waals surface area contributed by atoms with E-state index in [1.165, 1.54) is 0 Å². The molecule has 2 rings (SSSR count). The smallest absolute Gasteiger partial charge is 0.274 e. The minimum atomic E-state index is -0.804. The van der Waals surface area contributed by atoms with Gasteiger partial charge >= 0.3 is 0 Å². The Morgan fingerprint density at radius 3 is 2.62 bits per heavy atom. The van der Waals surface area contributed by atoms with E-state index in [1.807, 2.05) is 31.2 Å². The van der Waals surface area contributed by atoms with Gasteiger partial charge in [0.2, 0.25) is 6.04 Å². The number of hydrazone groups is 1. The fourth-order valence-corrected chi connectivity index (χ4v) is 1.22. The van der Waals surface area contributed by atoms with Crippen molar-refractivity contribution in [2.24, 2.45) is 21.1 Å². The summed E-state index contributed by atoms with van der Waals surface area (Å²) in [5, 5.41) is 11.3. The number of hydrogen-bond donors (Lipinski definition) is 2. The number of nitrogens with one attached hydrogen (secondary N) is 1. The maximum atomic E-state index is 11.2. The molecule has 3 N–H and O–H groups in total. The molecule has 1 amide bonds. The van der Waals surface area contributed by atoms with Crippen LogP contribution in [0.15, 0.2) is 39.6 Å². The van der Waals surface area contributed by atoms with Gasteiger partial charge < -0.3 is 5.73 Å². The second kappa shape index (κ2) is 4.09. The number of hydrogen-bond acceptors (Lipinski definition) is 5. The van der Waals surface area contributed by atoms with Gasteiger partial charge in [-0.05, 0) is 19.1 Å². The third-order valence-corrected chi connectivity index (χ3v) is 2.15. The number of nitrogens with zero attached hydrogens (tertiary/aromatic N) is 3. The molecule has 1 unspecified atom stereocenters. The number of carbonyl (C=O) groups excluding carboxylic acids is 1. The summed E-state index contributed by atoms with van der Waals surface area (Å²) in [4.78, 5) is 11.2. The van der Waals surface area contributed by atoms with Crippen LogP contribution in [0.2, 0.25) is 0 Å². The summed E-state index contributed by atoms with van der Waals surface area (Å²) >= 11 is 0. The molecular formula is C10H11N5O. The monoisotopic (exact) mass is 217 g/mol. The maximum absolute atomic E-state index is 11.2.